The van der Waals surface area contributed by atoms with Gasteiger partial charge in [0.25, 0.3) is 5.91 Å². The molecule has 4 N–H and O–H groups in total. The second kappa shape index (κ2) is 14.0. The third kappa shape index (κ3) is 6.98. The number of carbonyl (C=O) groups is 1. The number of hydrogen-bond donors (Lipinski definition) is 4. The van der Waals surface area contributed by atoms with Crippen LogP contribution in [0.2, 0.25) is 5.02 Å². The number of fused-ring (bicyclic) bond motifs is 1. The predicted molar refractivity (Wildman–Crippen MR) is 170 cm³/mol. The van der Waals surface area contributed by atoms with Crippen LogP contribution in [-0.4, -0.2) is 80.0 Å². The maximum absolute atomic E-state index is 13.1. The third-order valence-electron chi connectivity index (χ3n) is 7.94. The van der Waals surface area contributed by atoms with Crippen LogP contribution in [-0.2, 0) is 11.2 Å². The molecule has 2 aromatic carbocycles. The Morgan fingerprint density at radius 2 is 1.93 bits per heavy atom. The Kier molecular flexibility index (Phi) is 9.91. The molecule has 1 aliphatic carbocycles. The van der Waals surface area contributed by atoms with E-state index in [-0.39, 0.29) is 11.9 Å². The first-order chi connectivity index (χ1) is 20.9. The van der Waals surface area contributed by atoms with Gasteiger partial charge in [-0.25, -0.2) is 9.97 Å². The number of hydrogen-bond acceptors (Lipinski definition) is 9. The first kappa shape index (κ1) is 30.5. The average molecular weight is 604 g/mol. The van der Waals surface area contributed by atoms with Crippen LogP contribution in [0, 0.1) is 5.41 Å². The van der Waals surface area contributed by atoms with Crippen molar-refractivity contribution in [3.63, 3.8) is 0 Å². The highest BCUT2D eigenvalue weighted by molar-refractivity contribution is 6.35. The van der Waals surface area contributed by atoms with Gasteiger partial charge in [0, 0.05) is 73.5 Å². The summed E-state index contributed by atoms with van der Waals surface area (Å²) in [4.78, 5) is 24.8. The van der Waals surface area contributed by atoms with Crippen LogP contribution >= 0.6 is 11.6 Å². The summed E-state index contributed by atoms with van der Waals surface area (Å²) in [5.74, 6) is 0.729. The molecule has 1 fully saturated rings. The quantitative estimate of drug-likeness (QED) is 0.261. The van der Waals surface area contributed by atoms with Crippen molar-refractivity contribution < 1.29 is 14.3 Å². The van der Waals surface area contributed by atoms with Crippen molar-refractivity contribution in [1.82, 2.24) is 25.5 Å². The van der Waals surface area contributed by atoms with Crippen molar-refractivity contribution in [3.8, 4) is 5.75 Å². The molecule has 1 aliphatic heterocycles. The normalized spacial score (nSPS) is 16.8. The van der Waals surface area contributed by atoms with Crippen LogP contribution in [0.15, 0.2) is 48.7 Å². The van der Waals surface area contributed by atoms with Crippen molar-refractivity contribution in [3.05, 3.63) is 76.1 Å². The monoisotopic (exact) mass is 603 g/mol. The van der Waals surface area contributed by atoms with Crippen LogP contribution in [0.5, 0.6) is 5.75 Å². The molecule has 5 rings (SSSR count). The van der Waals surface area contributed by atoms with Gasteiger partial charge in [0.15, 0.2) is 0 Å². The number of anilines is 2. The van der Waals surface area contributed by atoms with E-state index in [1.807, 2.05) is 31.3 Å². The topological polar surface area (TPSA) is 124 Å². The lowest BCUT2D eigenvalue weighted by molar-refractivity contribution is 0.0892. The van der Waals surface area contributed by atoms with Gasteiger partial charge in [-0.05, 0) is 55.5 Å². The maximum Gasteiger partial charge on any atom is 0.251 e. The number of carbonyl (C=O) groups excluding carboxylic acids is 1. The molecule has 11 heteroatoms. The van der Waals surface area contributed by atoms with Crippen LogP contribution in [0.1, 0.15) is 46.4 Å². The molecule has 1 amide bonds. The lowest BCUT2D eigenvalue weighted by Gasteiger charge is -2.32. The lowest BCUT2D eigenvalue weighted by atomic mass is 9.87. The highest BCUT2D eigenvalue weighted by Crippen LogP contribution is 2.35. The van der Waals surface area contributed by atoms with Crippen molar-refractivity contribution in [2.24, 2.45) is 0 Å². The number of allylic oxidation sites excluding steroid dienone is 1. The third-order valence-corrected chi connectivity index (χ3v) is 8.26. The molecule has 2 heterocycles. The molecule has 0 radical (unpaired) electrons. The second-order valence-corrected chi connectivity index (χ2v) is 11.1. The molecular formula is C32H38ClN7O3. The van der Waals surface area contributed by atoms with E-state index in [1.54, 1.807) is 38.6 Å². The van der Waals surface area contributed by atoms with Crippen molar-refractivity contribution in [2.75, 3.05) is 52.8 Å². The summed E-state index contributed by atoms with van der Waals surface area (Å²) >= 11 is 6.54. The van der Waals surface area contributed by atoms with E-state index in [2.05, 4.69) is 25.8 Å². The zero-order valence-corrected chi connectivity index (χ0v) is 25.6. The highest BCUT2D eigenvalue weighted by atomic mass is 35.5. The number of nitrogens with one attached hydrogen (secondary N) is 4. The SMILES string of the molecule is CN/C(=C1\C(=N)CCc2cnc(Nc3ccc(C(=O)NC4CCN(CCOC)CC4)cc3OC)nc21)c1ccccc1Cl. The van der Waals surface area contributed by atoms with Crippen LogP contribution < -0.4 is 20.7 Å². The molecule has 1 saturated heterocycles. The summed E-state index contributed by atoms with van der Waals surface area (Å²) < 4.78 is 10.8. The first-order valence-electron chi connectivity index (χ1n) is 14.5. The summed E-state index contributed by atoms with van der Waals surface area (Å²) in [7, 11) is 5.10. The van der Waals surface area contributed by atoms with Crippen LogP contribution in [0.4, 0.5) is 11.6 Å². The van der Waals surface area contributed by atoms with Gasteiger partial charge < -0.3 is 35.7 Å². The molecular weight excluding hydrogens is 566 g/mol. The van der Waals surface area contributed by atoms with E-state index in [1.165, 1.54) is 0 Å². The fraction of sp³-hybridized carbons (Fsp3) is 0.375. The summed E-state index contributed by atoms with van der Waals surface area (Å²) in [6.07, 6.45) is 4.87. The van der Waals surface area contributed by atoms with E-state index in [4.69, 9.17) is 31.5 Å². The molecule has 10 nitrogen and oxygen atoms in total. The Morgan fingerprint density at radius 1 is 1.14 bits per heavy atom. The Bertz CT molecular complexity index is 1520. The number of likely N-dealkylation sites (tertiary alicyclic amines) is 1. The predicted octanol–water partition coefficient (Wildman–Crippen LogP) is 4.78. The molecule has 3 aromatic rings. The minimum atomic E-state index is -0.127. The van der Waals surface area contributed by atoms with Gasteiger partial charge >= 0.3 is 0 Å². The van der Waals surface area contributed by atoms with Gasteiger partial charge in [-0.1, -0.05) is 29.8 Å². The number of methoxy groups -OCH3 is 2. The minimum Gasteiger partial charge on any atom is -0.495 e. The summed E-state index contributed by atoms with van der Waals surface area (Å²) in [6.45, 7) is 3.50. The molecule has 43 heavy (non-hydrogen) atoms. The lowest BCUT2D eigenvalue weighted by Crippen LogP contribution is -2.45. The number of ether oxygens (including phenoxy) is 2. The standard InChI is InChI=1S/C32H38ClN7O3/c1-35-30(23-6-4-5-7-24(23)33)28-25(34)10-8-21-19-36-32(39-29(21)28)38-26-11-9-20(18-27(26)43-3)31(41)37-22-12-14-40(15-13-22)16-17-42-2/h4-7,9,11,18-19,22,34-35H,8,10,12-17H2,1-3H3,(H,37,41)(H,36,38,39)/b30-28+,34-25?. The van der Waals surface area contributed by atoms with Crippen molar-refractivity contribution >= 4 is 46.1 Å². The maximum atomic E-state index is 13.1. The van der Waals surface area contributed by atoms with Gasteiger partial charge in [-0.2, -0.15) is 0 Å². The number of aryl methyl sites for hydroxylation is 1. The summed E-state index contributed by atoms with van der Waals surface area (Å²) in [5, 5.41) is 19.1. The van der Waals surface area contributed by atoms with Crippen LogP contribution in [0.3, 0.4) is 0 Å². The van der Waals surface area contributed by atoms with Crippen molar-refractivity contribution in [1.29, 1.82) is 5.41 Å². The second-order valence-electron chi connectivity index (χ2n) is 10.6. The van der Waals surface area contributed by atoms with E-state index in [0.717, 1.165) is 55.9 Å². The number of halogens is 1. The molecule has 0 saturated carbocycles. The van der Waals surface area contributed by atoms with Crippen molar-refractivity contribution in [2.45, 2.75) is 31.7 Å². The zero-order valence-electron chi connectivity index (χ0n) is 24.8. The number of aromatic nitrogens is 2. The Morgan fingerprint density at radius 3 is 2.65 bits per heavy atom. The number of nitrogens with zero attached hydrogens (tertiary/aromatic N) is 3. The van der Waals surface area contributed by atoms with Gasteiger partial charge in [0.05, 0.1) is 30.8 Å². The Labute approximate surface area is 257 Å². The number of amides is 1. The van der Waals surface area contributed by atoms with E-state index in [0.29, 0.717) is 57.8 Å². The molecule has 0 spiro atoms. The molecule has 2 aliphatic rings. The summed E-state index contributed by atoms with van der Waals surface area (Å²) in [6, 6.07) is 13.0. The molecule has 226 valence electrons. The van der Waals surface area contributed by atoms with Gasteiger partial charge in [0.1, 0.15) is 5.75 Å². The van der Waals surface area contributed by atoms with Gasteiger partial charge in [0.2, 0.25) is 5.95 Å². The van der Waals surface area contributed by atoms with Crippen LogP contribution in [0.25, 0.3) is 11.3 Å². The Hall–Kier alpha value is -3.99. The van der Waals surface area contributed by atoms with E-state index >= 15 is 0 Å². The van der Waals surface area contributed by atoms with Gasteiger partial charge in [-0.15, -0.1) is 0 Å². The molecule has 0 atom stereocenters. The number of rotatable bonds is 10. The van der Waals surface area contributed by atoms with E-state index in [9.17, 15) is 4.79 Å². The molecule has 1 aromatic heterocycles. The largest absolute Gasteiger partial charge is 0.495 e. The average Bonchev–Trinajstić information content (AvgIpc) is 3.03. The smallest absolute Gasteiger partial charge is 0.251 e. The minimum absolute atomic E-state index is 0.127. The first-order valence-corrected chi connectivity index (χ1v) is 14.9. The van der Waals surface area contributed by atoms with E-state index < -0.39 is 0 Å². The fourth-order valence-electron chi connectivity index (χ4n) is 5.57. The zero-order chi connectivity index (χ0) is 30.3. The molecule has 0 unspecified atom stereocenters. The number of benzene rings is 2. The highest BCUT2D eigenvalue weighted by Gasteiger charge is 2.26. The number of piperidine rings is 1. The Balaban J connectivity index is 1.35. The summed E-state index contributed by atoms with van der Waals surface area (Å²) in [5.41, 5.74) is 5.52. The van der Waals surface area contributed by atoms with Gasteiger partial charge in [-0.3, -0.25) is 4.79 Å². The molecule has 0 bridgehead atoms. The fourth-order valence-corrected chi connectivity index (χ4v) is 5.80.